The number of fused-ring (bicyclic) bond motifs is 1. The largest absolute Gasteiger partial charge is 0.476 e. The molecule has 1 aromatic carbocycles. The zero-order valence-corrected chi connectivity index (χ0v) is 24.2. The number of rotatable bonds is 8. The fourth-order valence-corrected chi connectivity index (χ4v) is 6.85. The number of carbonyl (C=O) groups is 2. The lowest BCUT2D eigenvalue weighted by atomic mass is 9.66. The summed E-state index contributed by atoms with van der Waals surface area (Å²) in [4.78, 5) is 25.1. The molecular weight excluding hydrogens is 608 g/mol. The van der Waals surface area contributed by atoms with Crippen LogP contribution in [0.3, 0.4) is 0 Å². The SMILES string of the molecule is CCC(Oc1c(Br)cccc1Br)C(=O)O[C@H]1C[C@H](O)C=C2C=C[C@H](C)[C@H](CC[C@@H]3C[C@@H](O)CC(=O)O3)[C@H]21. The lowest BCUT2D eigenvalue weighted by Crippen LogP contribution is -2.44. The van der Waals surface area contributed by atoms with Gasteiger partial charge in [0.1, 0.15) is 18.0 Å². The molecule has 202 valence electrons. The molecule has 1 aromatic rings. The van der Waals surface area contributed by atoms with Crippen LogP contribution in [0.1, 0.15) is 52.4 Å². The van der Waals surface area contributed by atoms with Crippen LogP contribution in [0.2, 0.25) is 0 Å². The fraction of sp³-hybridized carbons (Fsp3) is 0.571. The van der Waals surface area contributed by atoms with E-state index < -0.39 is 30.4 Å². The van der Waals surface area contributed by atoms with Gasteiger partial charge in [0, 0.05) is 18.8 Å². The van der Waals surface area contributed by atoms with Crippen molar-refractivity contribution >= 4 is 43.8 Å². The summed E-state index contributed by atoms with van der Waals surface area (Å²) in [6, 6.07) is 5.55. The molecule has 8 atom stereocenters. The Hall–Kier alpha value is -1.68. The molecule has 3 aliphatic rings. The molecule has 0 amide bonds. The van der Waals surface area contributed by atoms with Crippen molar-refractivity contribution in [1.82, 2.24) is 0 Å². The van der Waals surface area contributed by atoms with E-state index >= 15 is 0 Å². The van der Waals surface area contributed by atoms with Crippen molar-refractivity contribution in [2.24, 2.45) is 17.8 Å². The number of benzene rings is 1. The third-order valence-electron chi connectivity index (χ3n) is 7.51. The maximum absolute atomic E-state index is 13.3. The number of aliphatic hydroxyl groups excluding tert-OH is 2. The number of allylic oxidation sites excluding steroid dienone is 2. The van der Waals surface area contributed by atoms with Gasteiger partial charge in [0.25, 0.3) is 0 Å². The van der Waals surface area contributed by atoms with E-state index in [-0.39, 0.29) is 36.2 Å². The Morgan fingerprint density at radius 3 is 2.59 bits per heavy atom. The first-order valence-electron chi connectivity index (χ1n) is 12.9. The Labute approximate surface area is 234 Å². The number of cyclic esters (lactones) is 1. The van der Waals surface area contributed by atoms with Gasteiger partial charge in [-0.1, -0.05) is 38.1 Å². The smallest absolute Gasteiger partial charge is 0.347 e. The molecule has 37 heavy (non-hydrogen) atoms. The van der Waals surface area contributed by atoms with E-state index in [9.17, 15) is 19.8 Å². The van der Waals surface area contributed by atoms with Crippen LogP contribution in [0.15, 0.2) is 50.9 Å². The molecule has 7 nitrogen and oxygen atoms in total. The molecule has 1 fully saturated rings. The molecule has 1 heterocycles. The minimum absolute atomic E-state index is 0.0429. The standard InChI is InChI=1S/C28H34Br2O7/c1-3-23(36-27-21(29)5-4-6-22(27)30)28(34)37-24-13-17(31)11-16-8-7-15(2)20(26(16)24)10-9-19-12-18(32)14-25(33)35-19/h4-8,11,15,17-20,23-24,26,31-32H,3,9-10,12-14H2,1-2H3/t15-,17+,18+,19+,20-,23?,24-,26-/m0/s1. The van der Waals surface area contributed by atoms with Gasteiger partial charge in [0.05, 0.1) is 27.6 Å². The van der Waals surface area contributed by atoms with Gasteiger partial charge in [0.15, 0.2) is 6.10 Å². The molecule has 2 N–H and O–H groups in total. The quantitative estimate of drug-likeness (QED) is 0.374. The topological polar surface area (TPSA) is 102 Å². The molecule has 0 radical (unpaired) electrons. The van der Waals surface area contributed by atoms with E-state index in [1.165, 1.54) is 0 Å². The van der Waals surface area contributed by atoms with Gasteiger partial charge < -0.3 is 24.4 Å². The molecule has 1 unspecified atom stereocenters. The minimum atomic E-state index is -0.806. The normalized spacial score (nSPS) is 32.1. The van der Waals surface area contributed by atoms with Crippen LogP contribution in [0, 0.1) is 17.8 Å². The molecule has 0 saturated carbocycles. The highest BCUT2D eigenvalue weighted by Crippen LogP contribution is 2.44. The van der Waals surface area contributed by atoms with Crippen LogP contribution in [0.25, 0.3) is 0 Å². The summed E-state index contributed by atoms with van der Waals surface area (Å²) in [6.45, 7) is 4.00. The zero-order valence-electron chi connectivity index (χ0n) is 21.0. The molecule has 1 saturated heterocycles. The lowest BCUT2D eigenvalue weighted by molar-refractivity contribution is -0.165. The number of hydrogen-bond donors (Lipinski definition) is 2. The summed E-state index contributed by atoms with van der Waals surface area (Å²) in [7, 11) is 0. The maximum Gasteiger partial charge on any atom is 0.347 e. The minimum Gasteiger partial charge on any atom is -0.476 e. The number of para-hydroxylation sites is 1. The van der Waals surface area contributed by atoms with Crippen LogP contribution >= 0.6 is 31.9 Å². The van der Waals surface area contributed by atoms with Gasteiger partial charge in [-0.05, 0) is 80.7 Å². The van der Waals surface area contributed by atoms with Gasteiger partial charge in [-0.25, -0.2) is 4.79 Å². The third kappa shape index (κ3) is 6.85. The Kier molecular flexibility index (Phi) is 9.53. The average molecular weight is 642 g/mol. The molecule has 0 aromatic heterocycles. The van der Waals surface area contributed by atoms with Gasteiger partial charge in [-0.3, -0.25) is 4.79 Å². The molecular formula is C28H34Br2O7. The van der Waals surface area contributed by atoms with Crippen molar-refractivity contribution in [3.63, 3.8) is 0 Å². The molecule has 4 rings (SSSR count). The van der Waals surface area contributed by atoms with E-state index in [4.69, 9.17) is 14.2 Å². The van der Waals surface area contributed by atoms with E-state index in [0.29, 0.717) is 31.4 Å². The Bertz CT molecular complexity index is 1030. The van der Waals surface area contributed by atoms with Crippen LogP contribution < -0.4 is 4.74 Å². The van der Waals surface area contributed by atoms with E-state index in [1.54, 1.807) is 0 Å². The molecule has 0 bridgehead atoms. The van der Waals surface area contributed by atoms with E-state index in [2.05, 4.69) is 44.9 Å². The monoisotopic (exact) mass is 640 g/mol. The van der Waals surface area contributed by atoms with Gasteiger partial charge >= 0.3 is 11.9 Å². The number of esters is 2. The summed E-state index contributed by atoms with van der Waals surface area (Å²) in [5, 5.41) is 20.5. The van der Waals surface area contributed by atoms with Crippen LogP contribution in [0.4, 0.5) is 0 Å². The second-order valence-electron chi connectivity index (χ2n) is 10.2. The number of aliphatic hydroxyl groups is 2. The first-order chi connectivity index (χ1) is 17.7. The summed E-state index contributed by atoms with van der Waals surface area (Å²) in [6.07, 6.45) is 5.53. The van der Waals surface area contributed by atoms with Crippen molar-refractivity contribution in [3.05, 3.63) is 50.9 Å². The van der Waals surface area contributed by atoms with E-state index in [0.717, 1.165) is 20.9 Å². The van der Waals surface area contributed by atoms with Crippen molar-refractivity contribution in [3.8, 4) is 5.75 Å². The summed E-state index contributed by atoms with van der Waals surface area (Å²) in [5.41, 5.74) is 0.961. The first-order valence-corrected chi connectivity index (χ1v) is 14.5. The highest BCUT2D eigenvalue weighted by molar-refractivity contribution is 9.11. The molecule has 2 aliphatic carbocycles. The Balaban J connectivity index is 1.49. The Morgan fingerprint density at radius 2 is 1.92 bits per heavy atom. The molecule has 1 aliphatic heterocycles. The predicted octanol–water partition coefficient (Wildman–Crippen LogP) is 5.26. The third-order valence-corrected chi connectivity index (χ3v) is 8.76. The number of hydrogen-bond acceptors (Lipinski definition) is 7. The maximum atomic E-state index is 13.3. The lowest BCUT2D eigenvalue weighted by Gasteiger charge is -2.43. The van der Waals surface area contributed by atoms with Gasteiger partial charge in [0.2, 0.25) is 0 Å². The summed E-state index contributed by atoms with van der Waals surface area (Å²) < 4.78 is 19.1. The summed E-state index contributed by atoms with van der Waals surface area (Å²) in [5.74, 6) is -0.0594. The number of carbonyl (C=O) groups excluding carboxylic acids is 2. The number of halogens is 2. The van der Waals surface area contributed by atoms with Crippen LogP contribution in [-0.2, 0) is 19.1 Å². The second kappa shape index (κ2) is 12.5. The van der Waals surface area contributed by atoms with Crippen molar-refractivity contribution in [2.45, 2.75) is 82.9 Å². The fourth-order valence-electron chi connectivity index (χ4n) is 5.66. The molecule has 0 spiro atoms. The van der Waals surface area contributed by atoms with Crippen LogP contribution in [0.5, 0.6) is 5.75 Å². The Morgan fingerprint density at radius 1 is 1.19 bits per heavy atom. The zero-order chi connectivity index (χ0) is 26.7. The van der Waals surface area contributed by atoms with Gasteiger partial charge in [-0.15, -0.1) is 0 Å². The number of ether oxygens (including phenoxy) is 3. The van der Waals surface area contributed by atoms with Crippen LogP contribution in [-0.4, -0.2) is 52.7 Å². The van der Waals surface area contributed by atoms with Crippen molar-refractivity contribution < 1.29 is 34.0 Å². The van der Waals surface area contributed by atoms with E-state index in [1.807, 2.05) is 37.3 Å². The van der Waals surface area contributed by atoms with Crippen molar-refractivity contribution in [1.29, 1.82) is 0 Å². The van der Waals surface area contributed by atoms with Gasteiger partial charge in [-0.2, -0.15) is 0 Å². The predicted molar refractivity (Wildman–Crippen MR) is 145 cm³/mol. The average Bonchev–Trinajstić information content (AvgIpc) is 2.82. The second-order valence-corrected chi connectivity index (χ2v) is 11.9. The summed E-state index contributed by atoms with van der Waals surface area (Å²) >= 11 is 6.95. The molecule has 9 heteroatoms. The first kappa shape index (κ1) is 28.3. The highest BCUT2D eigenvalue weighted by Gasteiger charge is 2.43. The van der Waals surface area contributed by atoms with Crippen molar-refractivity contribution in [2.75, 3.05) is 0 Å². The highest BCUT2D eigenvalue weighted by atomic mass is 79.9.